The molecule has 0 unspecified atom stereocenters. The predicted molar refractivity (Wildman–Crippen MR) is 64.1 cm³/mol. The highest BCUT2D eigenvalue weighted by Crippen LogP contribution is 2.00. The molecule has 2 N–H and O–H groups in total. The lowest BCUT2D eigenvalue weighted by Crippen LogP contribution is -1.96. The molecule has 0 saturated heterocycles. The van der Waals surface area contributed by atoms with Crippen molar-refractivity contribution in [3.8, 4) is 0 Å². The van der Waals surface area contributed by atoms with Crippen LogP contribution in [0, 0.1) is 0 Å². The molecular weight excluding hydrogens is 196 g/mol. The highest BCUT2D eigenvalue weighted by Gasteiger charge is 1.86. The first-order valence-corrected chi connectivity index (χ1v) is 5.22. The van der Waals surface area contributed by atoms with Crippen molar-refractivity contribution in [3.05, 3.63) is 72.3 Å². The largest absolute Gasteiger partial charge is 0.218 e. The van der Waals surface area contributed by atoms with Gasteiger partial charge in [-0.3, -0.25) is 0 Å². The van der Waals surface area contributed by atoms with Crippen LogP contribution in [0.3, 0.4) is 0 Å². The van der Waals surface area contributed by atoms with E-state index in [1.54, 1.807) is 0 Å². The van der Waals surface area contributed by atoms with Crippen LogP contribution in [0.15, 0.2) is 61.2 Å². The summed E-state index contributed by atoms with van der Waals surface area (Å²) in [6.45, 7) is 0. The molecule has 0 fully saturated rings. The van der Waals surface area contributed by atoms with Gasteiger partial charge in [0.1, 0.15) is 0 Å². The molecule has 0 aliphatic rings. The number of hydrogen-bond acceptors (Lipinski definition) is 0. The third-order valence-electron chi connectivity index (χ3n) is 2.18. The smallest absolute Gasteiger partial charge is 0.167 e. The van der Waals surface area contributed by atoms with E-state index in [0.29, 0.717) is 0 Å². The maximum atomic E-state index is 2.99. The van der Waals surface area contributed by atoms with Gasteiger partial charge in [0.25, 0.3) is 0 Å². The molecule has 2 aromatic heterocycles. The van der Waals surface area contributed by atoms with Crippen molar-refractivity contribution in [1.82, 2.24) is 0 Å². The number of aromatic amines is 2. The second kappa shape index (κ2) is 5.61. The molecule has 2 nitrogen and oxygen atoms in total. The molecule has 0 amide bonds. The minimum Gasteiger partial charge on any atom is -0.218 e. The fourth-order valence-corrected chi connectivity index (χ4v) is 1.36. The van der Waals surface area contributed by atoms with Crippen molar-refractivity contribution in [2.24, 2.45) is 0 Å². The SMILES string of the molecule is C(/C=C/c1cc[nH+]cc1)=C\c1cc[nH+]cc1. The lowest BCUT2D eigenvalue weighted by atomic mass is 10.2. The van der Waals surface area contributed by atoms with E-state index in [2.05, 4.69) is 22.1 Å². The second-order valence-corrected chi connectivity index (χ2v) is 3.38. The number of rotatable bonds is 3. The number of allylic oxidation sites excluding steroid dienone is 2. The van der Waals surface area contributed by atoms with Gasteiger partial charge in [0.15, 0.2) is 24.8 Å². The van der Waals surface area contributed by atoms with Crippen LogP contribution in [0.25, 0.3) is 12.2 Å². The van der Waals surface area contributed by atoms with Gasteiger partial charge in [0.2, 0.25) is 0 Å². The van der Waals surface area contributed by atoms with Gasteiger partial charge in [0, 0.05) is 24.3 Å². The Hall–Kier alpha value is -2.22. The molecule has 0 aliphatic heterocycles. The van der Waals surface area contributed by atoms with Crippen LogP contribution in [0.2, 0.25) is 0 Å². The Morgan fingerprint density at radius 2 is 1.00 bits per heavy atom. The summed E-state index contributed by atoms with van der Waals surface area (Å²) in [7, 11) is 0. The topological polar surface area (TPSA) is 28.3 Å². The van der Waals surface area contributed by atoms with Crippen LogP contribution < -0.4 is 9.97 Å². The van der Waals surface area contributed by atoms with E-state index in [1.807, 2.05) is 61.2 Å². The normalized spacial score (nSPS) is 11.2. The van der Waals surface area contributed by atoms with Gasteiger partial charge in [-0.25, -0.2) is 9.97 Å². The van der Waals surface area contributed by atoms with Crippen molar-refractivity contribution in [2.75, 3.05) is 0 Å². The van der Waals surface area contributed by atoms with Crippen molar-refractivity contribution in [2.45, 2.75) is 0 Å². The number of aromatic nitrogens is 2. The maximum Gasteiger partial charge on any atom is 0.167 e. The molecule has 0 radical (unpaired) electrons. The molecule has 0 atom stereocenters. The molecule has 16 heavy (non-hydrogen) atoms. The standard InChI is InChI=1S/C14H12N2/c1(3-13-5-9-15-10-6-13)2-4-14-7-11-16-12-8-14/h1-12H/p+2/b3-1+,4-2+. The highest BCUT2D eigenvalue weighted by atomic mass is 14.6. The number of nitrogens with one attached hydrogen (secondary N) is 2. The molecule has 0 bridgehead atoms. The Labute approximate surface area is 95.0 Å². The molecule has 2 aromatic rings. The third kappa shape index (κ3) is 3.17. The summed E-state index contributed by atoms with van der Waals surface area (Å²) in [5.41, 5.74) is 2.37. The van der Waals surface area contributed by atoms with E-state index in [1.165, 1.54) is 11.1 Å². The fraction of sp³-hybridized carbons (Fsp3) is 0. The summed E-state index contributed by atoms with van der Waals surface area (Å²) in [5.74, 6) is 0. The van der Waals surface area contributed by atoms with E-state index in [9.17, 15) is 0 Å². The summed E-state index contributed by atoms with van der Waals surface area (Å²) >= 11 is 0. The lowest BCUT2D eigenvalue weighted by molar-refractivity contribution is -0.378. The minimum atomic E-state index is 1.18. The maximum absolute atomic E-state index is 2.99. The minimum absolute atomic E-state index is 1.18. The van der Waals surface area contributed by atoms with Gasteiger partial charge >= 0.3 is 0 Å². The van der Waals surface area contributed by atoms with Gasteiger partial charge < -0.3 is 0 Å². The fourth-order valence-electron chi connectivity index (χ4n) is 1.36. The van der Waals surface area contributed by atoms with E-state index >= 15 is 0 Å². The number of pyridine rings is 2. The van der Waals surface area contributed by atoms with Crippen LogP contribution in [-0.4, -0.2) is 0 Å². The Balaban J connectivity index is 1.98. The van der Waals surface area contributed by atoms with E-state index in [4.69, 9.17) is 0 Å². The second-order valence-electron chi connectivity index (χ2n) is 3.38. The molecular formula is C14H14N2+2. The van der Waals surface area contributed by atoms with Gasteiger partial charge in [-0.05, 0) is 11.1 Å². The Kier molecular flexibility index (Phi) is 3.61. The molecule has 0 aromatic carbocycles. The quantitative estimate of drug-likeness (QED) is 0.694. The van der Waals surface area contributed by atoms with Crippen LogP contribution >= 0.6 is 0 Å². The molecule has 0 saturated carbocycles. The highest BCUT2D eigenvalue weighted by molar-refractivity contribution is 5.55. The Morgan fingerprint density at radius 1 is 0.625 bits per heavy atom. The van der Waals surface area contributed by atoms with Crippen LogP contribution in [0.5, 0.6) is 0 Å². The predicted octanol–water partition coefficient (Wildman–Crippen LogP) is 2.04. The monoisotopic (exact) mass is 210 g/mol. The Morgan fingerprint density at radius 3 is 1.38 bits per heavy atom. The van der Waals surface area contributed by atoms with E-state index in [-0.39, 0.29) is 0 Å². The van der Waals surface area contributed by atoms with Gasteiger partial charge in [-0.2, -0.15) is 0 Å². The first-order valence-electron chi connectivity index (χ1n) is 5.22. The number of H-pyrrole nitrogens is 2. The first-order chi connectivity index (χ1) is 7.95. The average molecular weight is 210 g/mol. The molecule has 0 spiro atoms. The molecule has 0 aliphatic carbocycles. The first kappa shape index (κ1) is 10.3. The van der Waals surface area contributed by atoms with Crippen LogP contribution in [0.4, 0.5) is 0 Å². The summed E-state index contributed by atoms with van der Waals surface area (Å²) in [6.07, 6.45) is 15.9. The van der Waals surface area contributed by atoms with Crippen LogP contribution in [-0.2, 0) is 0 Å². The van der Waals surface area contributed by atoms with E-state index in [0.717, 1.165) is 0 Å². The lowest BCUT2D eigenvalue weighted by Gasteiger charge is -1.86. The van der Waals surface area contributed by atoms with Gasteiger partial charge in [-0.1, -0.05) is 24.3 Å². The summed E-state index contributed by atoms with van der Waals surface area (Å²) in [6, 6.07) is 8.12. The van der Waals surface area contributed by atoms with Crippen LogP contribution in [0.1, 0.15) is 11.1 Å². The molecule has 2 rings (SSSR count). The van der Waals surface area contributed by atoms with Gasteiger partial charge in [-0.15, -0.1) is 0 Å². The zero-order valence-electron chi connectivity index (χ0n) is 8.93. The van der Waals surface area contributed by atoms with E-state index < -0.39 is 0 Å². The van der Waals surface area contributed by atoms with Crippen molar-refractivity contribution in [1.29, 1.82) is 0 Å². The molecule has 2 heterocycles. The summed E-state index contributed by atoms with van der Waals surface area (Å²) in [4.78, 5) is 5.99. The average Bonchev–Trinajstić information content (AvgIpc) is 2.37. The zero-order valence-corrected chi connectivity index (χ0v) is 8.93. The molecule has 2 heteroatoms. The van der Waals surface area contributed by atoms with Crippen molar-refractivity contribution in [3.63, 3.8) is 0 Å². The van der Waals surface area contributed by atoms with Gasteiger partial charge in [0.05, 0.1) is 0 Å². The summed E-state index contributed by atoms with van der Waals surface area (Å²) < 4.78 is 0. The number of hydrogen-bond donors (Lipinski definition) is 0. The zero-order chi connectivity index (χ0) is 11.1. The Bertz CT molecular complexity index is 425. The van der Waals surface area contributed by atoms with Crippen molar-refractivity contribution < 1.29 is 9.97 Å². The summed E-state index contributed by atoms with van der Waals surface area (Å²) in [5, 5.41) is 0. The van der Waals surface area contributed by atoms with Crippen molar-refractivity contribution >= 4 is 12.2 Å². The third-order valence-corrected chi connectivity index (χ3v) is 2.18. The molecule has 78 valence electrons.